The number of hydrogen-bond donors (Lipinski definition) is 1. The van der Waals surface area contributed by atoms with Crippen molar-refractivity contribution in [3.63, 3.8) is 0 Å². The van der Waals surface area contributed by atoms with Crippen LogP contribution in [0.1, 0.15) is 16.1 Å². The maximum absolute atomic E-state index is 12.4. The third-order valence-corrected chi connectivity index (χ3v) is 2.61. The van der Waals surface area contributed by atoms with Crippen LogP contribution in [-0.4, -0.2) is 25.7 Å². The fourth-order valence-electron chi connectivity index (χ4n) is 1.34. The number of alkyl halides is 3. The van der Waals surface area contributed by atoms with Gasteiger partial charge in [0.25, 0.3) is 5.91 Å². The van der Waals surface area contributed by atoms with E-state index in [9.17, 15) is 18.0 Å². The molecule has 2 aromatic heterocycles. The lowest BCUT2D eigenvalue weighted by Gasteiger charge is -2.09. The van der Waals surface area contributed by atoms with Crippen molar-refractivity contribution in [1.29, 1.82) is 0 Å². The summed E-state index contributed by atoms with van der Waals surface area (Å²) in [6.07, 6.45) is -3.41. The molecule has 0 fully saturated rings. The van der Waals surface area contributed by atoms with Gasteiger partial charge in [-0.3, -0.25) is 10.1 Å². The predicted molar refractivity (Wildman–Crippen MR) is 63.2 cm³/mol. The lowest BCUT2D eigenvalue weighted by Crippen LogP contribution is -2.17. The summed E-state index contributed by atoms with van der Waals surface area (Å²) in [5, 5.41) is 5.53. The molecule has 10 heteroatoms. The molecule has 20 heavy (non-hydrogen) atoms. The van der Waals surface area contributed by atoms with E-state index < -0.39 is 22.9 Å². The van der Waals surface area contributed by atoms with Crippen LogP contribution in [0.3, 0.4) is 0 Å². The summed E-state index contributed by atoms with van der Waals surface area (Å²) >= 11 is 5.60. The molecule has 1 amide bonds. The highest BCUT2D eigenvalue weighted by atomic mass is 35.5. The first-order valence-electron chi connectivity index (χ1n) is 5.18. The van der Waals surface area contributed by atoms with E-state index in [2.05, 4.69) is 20.4 Å². The summed E-state index contributed by atoms with van der Waals surface area (Å²) in [4.78, 5) is 18.7. The Morgan fingerprint density at radius 2 is 2.10 bits per heavy atom. The molecule has 0 aliphatic rings. The largest absolute Gasteiger partial charge is 0.433 e. The van der Waals surface area contributed by atoms with Gasteiger partial charge < -0.3 is 0 Å². The summed E-state index contributed by atoms with van der Waals surface area (Å²) in [6, 6.07) is 1.63. The molecule has 0 radical (unpaired) electrons. The Morgan fingerprint density at radius 3 is 2.60 bits per heavy atom. The number of carbonyl (C=O) groups excluding carboxylic acids is 1. The fraction of sp³-hybridized carbons (Fsp3) is 0.200. The average Bonchev–Trinajstić information content (AvgIpc) is 2.73. The summed E-state index contributed by atoms with van der Waals surface area (Å²) in [5.74, 6) is -0.599. The molecule has 0 aliphatic carbocycles. The van der Waals surface area contributed by atoms with E-state index in [0.717, 1.165) is 6.07 Å². The number of nitrogens with one attached hydrogen (secondary N) is 1. The molecule has 0 unspecified atom stereocenters. The minimum absolute atomic E-state index is 0.131. The van der Waals surface area contributed by atoms with Crippen molar-refractivity contribution < 1.29 is 18.0 Å². The van der Waals surface area contributed by atoms with Crippen LogP contribution in [0, 0.1) is 0 Å². The standard InChI is InChI=1S/C10H7ClF3N5O/c1-19-9(15-4-16-19)18-8(20)5-2-3-6(10(12,13)14)17-7(5)11/h2-4H,1H3,(H,15,16,18,20). The van der Waals surface area contributed by atoms with Crippen molar-refractivity contribution in [3.05, 3.63) is 34.9 Å². The maximum Gasteiger partial charge on any atom is 0.433 e. The zero-order valence-electron chi connectivity index (χ0n) is 9.94. The first kappa shape index (κ1) is 14.3. The highest BCUT2D eigenvalue weighted by molar-refractivity contribution is 6.33. The first-order valence-corrected chi connectivity index (χ1v) is 5.56. The Labute approximate surface area is 115 Å². The molecule has 1 N–H and O–H groups in total. The lowest BCUT2D eigenvalue weighted by atomic mass is 10.2. The highest BCUT2D eigenvalue weighted by Crippen LogP contribution is 2.29. The summed E-state index contributed by atoms with van der Waals surface area (Å²) in [6.45, 7) is 0. The van der Waals surface area contributed by atoms with Crippen molar-refractivity contribution in [3.8, 4) is 0 Å². The van der Waals surface area contributed by atoms with Gasteiger partial charge in [-0.25, -0.2) is 9.67 Å². The molecule has 2 heterocycles. The molecule has 0 atom stereocenters. The van der Waals surface area contributed by atoms with Gasteiger partial charge in [0.05, 0.1) is 5.56 Å². The van der Waals surface area contributed by atoms with Gasteiger partial charge in [0.15, 0.2) is 0 Å². The van der Waals surface area contributed by atoms with Crippen LogP contribution in [0.4, 0.5) is 19.1 Å². The maximum atomic E-state index is 12.4. The van der Waals surface area contributed by atoms with Gasteiger partial charge in [0.2, 0.25) is 5.95 Å². The number of rotatable bonds is 2. The van der Waals surface area contributed by atoms with Crippen LogP contribution >= 0.6 is 11.6 Å². The quantitative estimate of drug-likeness (QED) is 0.863. The Kier molecular flexibility index (Phi) is 3.62. The Bertz CT molecular complexity index is 655. The second-order valence-electron chi connectivity index (χ2n) is 3.69. The topological polar surface area (TPSA) is 72.7 Å². The molecule has 0 aromatic carbocycles. The Balaban J connectivity index is 2.25. The first-order chi connectivity index (χ1) is 9.29. The van der Waals surface area contributed by atoms with Crippen LogP contribution in [0.15, 0.2) is 18.5 Å². The average molecular weight is 306 g/mol. The number of anilines is 1. The third-order valence-electron chi connectivity index (χ3n) is 2.32. The van der Waals surface area contributed by atoms with Crippen LogP contribution in [0.25, 0.3) is 0 Å². The fourth-order valence-corrected chi connectivity index (χ4v) is 1.58. The summed E-state index contributed by atoms with van der Waals surface area (Å²) < 4.78 is 38.5. The molecule has 2 rings (SSSR count). The number of aromatic nitrogens is 4. The lowest BCUT2D eigenvalue weighted by molar-refractivity contribution is -0.141. The smallest absolute Gasteiger partial charge is 0.291 e. The van der Waals surface area contributed by atoms with Gasteiger partial charge in [-0.2, -0.15) is 23.3 Å². The van der Waals surface area contributed by atoms with Crippen molar-refractivity contribution >= 4 is 23.5 Å². The molecule has 0 aliphatic heterocycles. The highest BCUT2D eigenvalue weighted by Gasteiger charge is 2.33. The number of amides is 1. The van der Waals surface area contributed by atoms with E-state index in [1.54, 1.807) is 0 Å². The monoisotopic (exact) mass is 305 g/mol. The molecule has 0 bridgehead atoms. The molecule has 0 saturated carbocycles. The zero-order chi connectivity index (χ0) is 14.9. The number of nitrogens with zero attached hydrogens (tertiary/aromatic N) is 4. The van der Waals surface area contributed by atoms with Gasteiger partial charge >= 0.3 is 6.18 Å². The van der Waals surface area contributed by atoms with Crippen LogP contribution in [0.2, 0.25) is 5.15 Å². The molecular weight excluding hydrogens is 299 g/mol. The van der Waals surface area contributed by atoms with Crippen molar-refractivity contribution in [1.82, 2.24) is 19.7 Å². The second kappa shape index (κ2) is 5.08. The van der Waals surface area contributed by atoms with E-state index in [-0.39, 0.29) is 11.5 Å². The molecule has 106 valence electrons. The summed E-state index contributed by atoms with van der Waals surface area (Å²) in [7, 11) is 1.54. The number of carbonyl (C=O) groups is 1. The van der Waals surface area contributed by atoms with Gasteiger partial charge in [-0.05, 0) is 12.1 Å². The normalized spacial score (nSPS) is 11.4. The SMILES string of the molecule is Cn1ncnc1NC(=O)c1ccc(C(F)(F)F)nc1Cl. The Morgan fingerprint density at radius 1 is 1.40 bits per heavy atom. The van der Waals surface area contributed by atoms with E-state index in [1.165, 1.54) is 18.1 Å². The van der Waals surface area contributed by atoms with Crippen molar-refractivity contribution in [2.24, 2.45) is 7.05 Å². The van der Waals surface area contributed by atoms with Gasteiger partial charge in [-0.15, -0.1) is 0 Å². The minimum Gasteiger partial charge on any atom is -0.291 e. The van der Waals surface area contributed by atoms with E-state index in [0.29, 0.717) is 6.07 Å². The Hall–Kier alpha value is -2.16. The second-order valence-corrected chi connectivity index (χ2v) is 4.05. The van der Waals surface area contributed by atoms with Crippen LogP contribution in [-0.2, 0) is 13.2 Å². The third kappa shape index (κ3) is 2.87. The van der Waals surface area contributed by atoms with Crippen LogP contribution < -0.4 is 5.32 Å². The number of aryl methyl sites for hydroxylation is 1. The molecule has 6 nitrogen and oxygen atoms in total. The van der Waals surface area contributed by atoms with E-state index in [1.807, 2.05) is 0 Å². The molecular formula is C10H7ClF3N5O. The van der Waals surface area contributed by atoms with Crippen molar-refractivity contribution in [2.75, 3.05) is 5.32 Å². The van der Waals surface area contributed by atoms with E-state index in [4.69, 9.17) is 11.6 Å². The molecule has 0 saturated heterocycles. The zero-order valence-corrected chi connectivity index (χ0v) is 10.7. The molecule has 2 aromatic rings. The molecule has 0 spiro atoms. The van der Waals surface area contributed by atoms with Gasteiger partial charge in [0.1, 0.15) is 17.2 Å². The number of halogens is 4. The number of pyridine rings is 1. The van der Waals surface area contributed by atoms with Crippen molar-refractivity contribution in [2.45, 2.75) is 6.18 Å². The minimum atomic E-state index is -4.62. The van der Waals surface area contributed by atoms with E-state index >= 15 is 0 Å². The number of hydrogen-bond acceptors (Lipinski definition) is 4. The summed E-state index contributed by atoms with van der Waals surface area (Å²) in [5.41, 5.74) is -1.36. The van der Waals surface area contributed by atoms with Gasteiger partial charge in [-0.1, -0.05) is 11.6 Å². The van der Waals surface area contributed by atoms with Gasteiger partial charge in [0, 0.05) is 7.05 Å². The predicted octanol–water partition coefficient (Wildman–Crippen LogP) is 2.13. The van der Waals surface area contributed by atoms with Crippen LogP contribution in [0.5, 0.6) is 0 Å².